The molecule has 1 atom stereocenters. The quantitative estimate of drug-likeness (QED) is 0.792. The molecule has 0 saturated heterocycles. The molecule has 2 aromatic heterocycles. The van der Waals surface area contributed by atoms with Crippen molar-refractivity contribution in [2.75, 3.05) is 6.54 Å². The van der Waals surface area contributed by atoms with Gasteiger partial charge in [0.25, 0.3) is 6.43 Å². The highest BCUT2D eigenvalue weighted by Crippen LogP contribution is 2.16. The summed E-state index contributed by atoms with van der Waals surface area (Å²) in [7, 11) is 0. The van der Waals surface area contributed by atoms with E-state index in [0.29, 0.717) is 5.82 Å². The molecule has 1 unspecified atom stereocenters. The Morgan fingerprint density at radius 1 is 1.55 bits per heavy atom. The molecule has 7 nitrogen and oxygen atoms in total. The van der Waals surface area contributed by atoms with Crippen molar-refractivity contribution in [1.82, 2.24) is 25.5 Å². The number of aliphatic hydroxyl groups excluding tert-OH is 1. The molecule has 0 bridgehead atoms. The van der Waals surface area contributed by atoms with Gasteiger partial charge in [0, 0.05) is 17.5 Å². The first-order chi connectivity index (χ1) is 9.56. The molecule has 0 aromatic carbocycles. The van der Waals surface area contributed by atoms with Crippen LogP contribution < -0.4 is 5.32 Å². The molecule has 2 rings (SSSR count). The van der Waals surface area contributed by atoms with Crippen molar-refractivity contribution in [2.45, 2.75) is 19.1 Å². The molecule has 0 aliphatic carbocycles. The molecule has 2 heterocycles. The van der Waals surface area contributed by atoms with Crippen molar-refractivity contribution in [3.05, 3.63) is 16.8 Å². The third kappa shape index (κ3) is 3.78. The van der Waals surface area contributed by atoms with E-state index >= 15 is 0 Å². The number of alkyl halides is 2. The number of tetrazole rings is 1. The van der Waals surface area contributed by atoms with Crippen LogP contribution in [0.15, 0.2) is 16.8 Å². The summed E-state index contributed by atoms with van der Waals surface area (Å²) in [6, 6.07) is 1.81. The van der Waals surface area contributed by atoms with E-state index in [2.05, 4.69) is 20.7 Å². The van der Waals surface area contributed by atoms with Gasteiger partial charge in [0.05, 0.1) is 0 Å². The zero-order chi connectivity index (χ0) is 14.5. The van der Waals surface area contributed by atoms with Gasteiger partial charge in [-0.1, -0.05) is 0 Å². The van der Waals surface area contributed by atoms with Crippen LogP contribution in [-0.4, -0.2) is 50.3 Å². The fourth-order valence-electron chi connectivity index (χ4n) is 1.31. The number of hydrogen-bond acceptors (Lipinski definition) is 6. The highest BCUT2D eigenvalue weighted by atomic mass is 32.1. The summed E-state index contributed by atoms with van der Waals surface area (Å²) < 4.78 is 24.1. The highest BCUT2D eigenvalue weighted by molar-refractivity contribution is 7.08. The summed E-state index contributed by atoms with van der Waals surface area (Å²) in [4.78, 5) is 12.5. The summed E-state index contributed by atoms with van der Waals surface area (Å²) in [5, 5.41) is 26.1. The Morgan fingerprint density at radius 2 is 2.35 bits per heavy atom. The molecule has 0 fully saturated rings. The lowest BCUT2D eigenvalue weighted by molar-refractivity contribution is -0.123. The third-order valence-electron chi connectivity index (χ3n) is 2.32. The molecule has 108 valence electrons. The molecule has 0 radical (unpaired) electrons. The van der Waals surface area contributed by atoms with Crippen LogP contribution in [0.5, 0.6) is 0 Å². The fourth-order valence-corrected chi connectivity index (χ4v) is 1.94. The number of aromatic nitrogens is 4. The monoisotopic (exact) mass is 303 g/mol. The van der Waals surface area contributed by atoms with Gasteiger partial charge in [-0.05, 0) is 16.7 Å². The highest BCUT2D eigenvalue weighted by Gasteiger charge is 2.17. The molecule has 2 aromatic rings. The van der Waals surface area contributed by atoms with E-state index < -0.39 is 25.0 Å². The van der Waals surface area contributed by atoms with Gasteiger partial charge in [0.1, 0.15) is 12.6 Å². The first-order valence-corrected chi connectivity index (χ1v) is 6.54. The van der Waals surface area contributed by atoms with Crippen LogP contribution >= 0.6 is 11.3 Å². The van der Waals surface area contributed by atoms with Crippen LogP contribution in [-0.2, 0) is 11.3 Å². The number of nitrogens with one attached hydrogen (secondary N) is 1. The van der Waals surface area contributed by atoms with Crippen molar-refractivity contribution >= 4 is 17.2 Å². The number of nitrogens with zero attached hydrogens (tertiary/aromatic N) is 4. The van der Waals surface area contributed by atoms with Crippen molar-refractivity contribution < 1.29 is 18.7 Å². The number of hydrogen-bond donors (Lipinski definition) is 2. The lowest BCUT2D eigenvalue weighted by Gasteiger charge is -2.09. The molecule has 0 aliphatic rings. The van der Waals surface area contributed by atoms with E-state index in [9.17, 15) is 13.6 Å². The molecule has 2 N–H and O–H groups in total. The van der Waals surface area contributed by atoms with E-state index in [1.165, 1.54) is 11.3 Å². The minimum Gasteiger partial charge on any atom is -0.385 e. The second-order valence-electron chi connectivity index (χ2n) is 3.86. The average Bonchev–Trinajstić information content (AvgIpc) is 3.05. The third-order valence-corrected chi connectivity index (χ3v) is 3.00. The second kappa shape index (κ2) is 6.48. The Hall–Kier alpha value is -1.94. The summed E-state index contributed by atoms with van der Waals surface area (Å²) in [6.07, 6.45) is -4.78. The predicted octanol–water partition coefficient (Wildman–Crippen LogP) is 0.144. The van der Waals surface area contributed by atoms with Crippen LogP contribution in [0.2, 0.25) is 0 Å². The SMILES string of the molecule is O=C(Cn1nnc(-c2ccsc2)n1)NCC(O)C(F)F. The van der Waals surface area contributed by atoms with Gasteiger partial charge in [0.2, 0.25) is 11.7 Å². The normalized spacial score (nSPS) is 12.6. The fraction of sp³-hybridized carbons (Fsp3) is 0.400. The van der Waals surface area contributed by atoms with Crippen LogP contribution in [0.3, 0.4) is 0 Å². The summed E-state index contributed by atoms with van der Waals surface area (Å²) >= 11 is 1.48. The molecule has 10 heteroatoms. The summed E-state index contributed by atoms with van der Waals surface area (Å²) in [6.45, 7) is -0.782. The first kappa shape index (κ1) is 14.5. The number of carbonyl (C=O) groups is 1. The molecule has 20 heavy (non-hydrogen) atoms. The van der Waals surface area contributed by atoms with Gasteiger partial charge in [-0.3, -0.25) is 4.79 Å². The maximum absolute atomic E-state index is 12.0. The topological polar surface area (TPSA) is 92.9 Å². The second-order valence-corrected chi connectivity index (χ2v) is 4.64. The zero-order valence-electron chi connectivity index (χ0n) is 10.1. The number of aliphatic hydroxyl groups is 1. The molecular formula is C10H11F2N5O2S. The van der Waals surface area contributed by atoms with Crippen molar-refractivity contribution in [2.24, 2.45) is 0 Å². The molecular weight excluding hydrogens is 292 g/mol. The van der Waals surface area contributed by atoms with Crippen molar-refractivity contribution in [1.29, 1.82) is 0 Å². The van der Waals surface area contributed by atoms with E-state index in [1.807, 2.05) is 16.8 Å². The smallest absolute Gasteiger partial charge is 0.265 e. The minimum atomic E-state index is -2.90. The zero-order valence-corrected chi connectivity index (χ0v) is 10.9. The Kier molecular flexibility index (Phi) is 4.69. The largest absolute Gasteiger partial charge is 0.385 e. The van der Waals surface area contributed by atoms with Gasteiger partial charge >= 0.3 is 0 Å². The number of rotatable bonds is 6. The minimum absolute atomic E-state index is 0.257. The van der Waals surface area contributed by atoms with Gasteiger partial charge in [-0.2, -0.15) is 16.1 Å². The van der Waals surface area contributed by atoms with Gasteiger partial charge in [-0.25, -0.2) is 8.78 Å². The van der Waals surface area contributed by atoms with E-state index in [-0.39, 0.29) is 6.54 Å². The van der Waals surface area contributed by atoms with E-state index in [1.54, 1.807) is 0 Å². The first-order valence-electron chi connectivity index (χ1n) is 5.59. The Morgan fingerprint density at radius 3 is 3.00 bits per heavy atom. The van der Waals surface area contributed by atoms with Gasteiger partial charge < -0.3 is 10.4 Å². The molecule has 1 amide bonds. The maximum atomic E-state index is 12.0. The van der Waals surface area contributed by atoms with Gasteiger partial charge in [0.15, 0.2) is 0 Å². The predicted molar refractivity (Wildman–Crippen MR) is 66.2 cm³/mol. The standard InChI is InChI=1S/C10H11F2N5O2S/c11-9(12)7(18)3-13-8(19)4-17-15-10(14-16-17)6-1-2-20-5-6/h1-2,5,7,9,18H,3-4H2,(H,13,19). The number of thiophene rings is 1. The molecule has 0 aliphatic heterocycles. The number of halogens is 2. The Labute approximate surface area is 116 Å². The Bertz CT molecular complexity index is 560. The molecule has 0 saturated carbocycles. The summed E-state index contributed by atoms with van der Waals surface area (Å²) in [5.41, 5.74) is 0.787. The lowest BCUT2D eigenvalue weighted by Crippen LogP contribution is -2.37. The maximum Gasteiger partial charge on any atom is 0.265 e. The number of amides is 1. The number of carbonyl (C=O) groups excluding carboxylic acids is 1. The van der Waals surface area contributed by atoms with Crippen LogP contribution in [0, 0.1) is 0 Å². The average molecular weight is 303 g/mol. The van der Waals surface area contributed by atoms with E-state index in [4.69, 9.17) is 5.11 Å². The van der Waals surface area contributed by atoms with E-state index in [0.717, 1.165) is 10.4 Å². The van der Waals surface area contributed by atoms with Crippen LogP contribution in [0.4, 0.5) is 8.78 Å². The van der Waals surface area contributed by atoms with Crippen LogP contribution in [0.1, 0.15) is 0 Å². The lowest BCUT2D eigenvalue weighted by atomic mass is 10.3. The Balaban J connectivity index is 1.86. The molecule has 0 spiro atoms. The van der Waals surface area contributed by atoms with Gasteiger partial charge in [-0.15, -0.1) is 10.2 Å². The van der Waals surface area contributed by atoms with Crippen molar-refractivity contribution in [3.63, 3.8) is 0 Å². The summed E-state index contributed by atoms with van der Waals surface area (Å²) in [5.74, 6) is -0.203. The van der Waals surface area contributed by atoms with Crippen LogP contribution in [0.25, 0.3) is 11.4 Å². The van der Waals surface area contributed by atoms with Crippen molar-refractivity contribution in [3.8, 4) is 11.4 Å².